The van der Waals surface area contributed by atoms with E-state index in [0.717, 1.165) is 37.4 Å². The third-order valence-electron chi connectivity index (χ3n) is 4.06. The van der Waals surface area contributed by atoms with Gasteiger partial charge >= 0.3 is 0 Å². The topological polar surface area (TPSA) is 37.4 Å². The zero-order chi connectivity index (χ0) is 15.9. The van der Waals surface area contributed by atoms with Gasteiger partial charge in [0.1, 0.15) is 6.73 Å². The van der Waals surface area contributed by atoms with Crippen LogP contribution in [0.15, 0.2) is 54.7 Å². The predicted octanol–water partition coefficient (Wildman–Crippen LogP) is 3.39. The molecule has 0 atom stereocenters. The lowest BCUT2D eigenvalue weighted by Crippen LogP contribution is -2.28. The molecule has 2 heterocycles. The van der Waals surface area contributed by atoms with Gasteiger partial charge in [-0.2, -0.15) is 0 Å². The molecule has 0 unspecified atom stereocenters. The second kappa shape index (κ2) is 7.90. The fraction of sp³-hybridized carbons (Fsp3) is 0.316. The van der Waals surface area contributed by atoms with Crippen LogP contribution in [0.1, 0.15) is 17.7 Å². The van der Waals surface area contributed by atoms with Crippen LogP contribution in [0.2, 0.25) is 0 Å². The van der Waals surface area contributed by atoms with Crippen molar-refractivity contribution >= 4 is 11.3 Å². The number of nitrogens with zero attached hydrogens (tertiary/aromatic N) is 2. The molecule has 3 rings (SSSR count). The molecule has 1 aromatic carbocycles. The molecule has 4 nitrogen and oxygen atoms in total. The van der Waals surface area contributed by atoms with Gasteiger partial charge in [-0.25, -0.2) is 0 Å². The van der Waals surface area contributed by atoms with Gasteiger partial charge in [0.05, 0.1) is 17.6 Å². The highest BCUT2D eigenvalue weighted by Crippen LogP contribution is 2.22. The van der Waals surface area contributed by atoms with Crippen LogP contribution in [0.4, 0.5) is 5.69 Å². The van der Waals surface area contributed by atoms with E-state index in [1.54, 1.807) is 7.11 Å². The van der Waals surface area contributed by atoms with Gasteiger partial charge in [-0.05, 0) is 29.7 Å². The van der Waals surface area contributed by atoms with Gasteiger partial charge in [0.25, 0.3) is 0 Å². The number of hydrogen-bond acceptors (Lipinski definition) is 4. The van der Waals surface area contributed by atoms with Crippen molar-refractivity contribution in [1.29, 1.82) is 0 Å². The Morgan fingerprint density at radius 1 is 1.17 bits per heavy atom. The Kier molecular flexibility index (Phi) is 5.40. The quantitative estimate of drug-likeness (QED) is 0.830. The van der Waals surface area contributed by atoms with E-state index in [-0.39, 0.29) is 0 Å². The molecule has 1 aliphatic heterocycles. The predicted molar refractivity (Wildman–Crippen MR) is 94.0 cm³/mol. The van der Waals surface area contributed by atoms with Gasteiger partial charge in [0, 0.05) is 26.7 Å². The standard InChI is InChI=1S/C19H23N3O/c1-23-15-21-18-7-8-19(20-13-18)17-9-11-22(12-10-17)14-16-5-3-2-4-6-16/h2-9,13,21H,10-12,14-15H2,1H3. The molecule has 0 saturated heterocycles. The summed E-state index contributed by atoms with van der Waals surface area (Å²) < 4.78 is 5.00. The Morgan fingerprint density at radius 3 is 2.70 bits per heavy atom. The largest absolute Gasteiger partial charge is 0.365 e. The van der Waals surface area contributed by atoms with Crippen LogP contribution in [0.5, 0.6) is 0 Å². The Balaban J connectivity index is 1.58. The van der Waals surface area contributed by atoms with Crippen LogP contribution in [0, 0.1) is 0 Å². The maximum Gasteiger partial charge on any atom is 0.116 e. The zero-order valence-corrected chi connectivity index (χ0v) is 13.5. The van der Waals surface area contributed by atoms with Crippen LogP contribution in [-0.2, 0) is 11.3 Å². The molecule has 0 aliphatic carbocycles. The molecule has 0 spiro atoms. The number of rotatable bonds is 6. The smallest absolute Gasteiger partial charge is 0.116 e. The van der Waals surface area contributed by atoms with E-state index in [1.807, 2.05) is 6.20 Å². The highest BCUT2D eigenvalue weighted by atomic mass is 16.5. The molecular formula is C19H23N3O. The molecule has 23 heavy (non-hydrogen) atoms. The molecule has 0 fully saturated rings. The van der Waals surface area contributed by atoms with Gasteiger partial charge in [0.2, 0.25) is 0 Å². The monoisotopic (exact) mass is 309 g/mol. The highest BCUT2D eigenvalue weighted by Gasteiger charge is 2.13. The van der Waals surface area contributed by atoms with Gasteiger partial charge < -0.3 is 10.1 Å². The average Bonchev–Trinajstić information content (AvgIpc) is 2.62. The summed E-state index contributed by atoms with van der Waals surface area (Å²) >= 11 is 0. The summed E-state index contributed by atoms with van der Waals surface area (Å²) in [5.74, 6) is 0. The van der Waals surface area contributed by atoms with E-state index in [9.17, 15) is 0 Å². The van der Waals surface area contributed by atoms with E-state index in [1.165, 1.54) is 11.1 Å². The summed E-state index contributed by atoms with van der Waals surface area (Å²) in [6, 6.07) is 14.8. The van der Waals surface area contributed by atoms with Gasteiger partial charge in [-0.15, -0.1) is 0 Å². The van der Waals surface area contributed by atoms with E-state index < -0.39 is 0 Å². The minimum Gasteiger partial charge on any atom is -0.365 e. The summed E-state index contributed by atoms with van der Waals surface area (Å²) in [6.07, 6.45) is 5.22. The van der Waals surface area contributed by atoms with Crippen molar-refractivity contribution in [3.63, 3.8) is 0 Å². The molecule has 0 radical (unpaired) electrons. The number of nitrogens with one attached hydrogen (secondary N) is 1. The summed E-state index contributed by atoms with van der Waals surface area (Å²) in [7, 11) is 1.67. The van der Waals surface area contributed by atoms with E-state index in [0.29, 0.717) is 6.73 Å². The van der Waals surface area contributed by atoms with E-state index in [4.69, 9.17) is 4.74 Å². The fourth-order valence-corrected chi connectivity index (χ4v) is 2.77. The Labute approximate surface area is 137 Å². The zero-order valence-electron chi connectivity index (χ0n) is 13.5. The number of hydrogen-bond donors (Lipinski definition) is 1. The SMILES string of the molecule is COCNc1ccc(C2=CCN(Cc3ccccc3)CC2)nc1. The van der Waals surface area contributed by atoms with Gasteiger partial charge in [-0.3, -0.25) is 9.88 Å². The van der Waals surface area contributed by atoms with Crippen molar-refractivity contribution in [1.82, 2.24) is 9.88 Å². The van der Waals surface area contributed by atoms with E-state index in [2.05, 4.69) is 63.7 Å². The van der Waals surface area contributed by atoms with Crippen molar-refractivity contribution in [2.75, 3.05) is 32.2 Å². The van der Waals surface area contributed by atoms with Crippen molar-refractivity contribution in [2.45, 2.75) is 13.0 Å². The maximum absolute atomic E-state index is 5.00. The molecule has 1 aliphatic rings. The van der Waals surface area contributed by atoms with Crippen molar-refractivity contribution in [2.24, 2.45) is 0 Å². The Bertz CT molecular complexity index is 637. The molecule has 0 bridgehead atoms. The first-order valence-electron chi connectivity index (χ1n) is 8.00. The molecule has 1 aromatic heterocycles. The van der Waals surface area contributed by atoms with Crippen molar-refractivity contribution < 1.29 is 4.74 Å². The van der Waals surface area contributed by atoms with Gasteiger partial charge in [0.15, 0.2) is 0 Å². The number of aromatic nitrogens is 1. The van der Waals surface area contributed by atoms with Crippen LogP contribution < -0.4 is 5.32 Å². The first-order valence-corrected chi connectivity index (χ1v) is 8.00. The molecular weight excluding hydrogens is 286 g/mol. The third-order valence-corrected chi connectivity index (χ3v) is 4.06. The summed E-state index contributed by atoms with van der Waals surface area (Å²) in [5, 5.41) is 3.15. The number of methoxy groups -OCH3 is 1. The number of pyridine rings is 1. The molecule has 0 amide bonds. The molecule has 4 heteroatoms. The molecule has 120 valence electrons. The van der Waals surface area contributed by atoms with Crippen molar-refractivity contribution in [3.8, 4) is 0 Å². The summed E-state index contributed by atoms with van der Waals surface area (Å²) in [5.41, 5.74) is 4.77. The lowest BCUT2D eigenvalue weighted by atomic mass is 10.0. The van der Waals surface area contributed by atoms with Crippen LogP contribution in [-0.4, -0.2) is 36.8 Å². The number of ether oxygens (including phenoxy) is 1. The van der Waals surface area contributed by atoms with Crippen molar-refractivity contribution in [3.05, 3.63) is 66.0 Å². The third kappa shape index (κ3) is 4.41. The second-order valence-corrected chi connectivity index (χ2v) is 5.74. The van der Waals surface area contributed by atoms with Crippen LogP contribution in [0.25, 0.3) is 5.57 Å². The number of benzene rings is 1. The van der Waals surface area contributed by atoms with Gasteiger partial charge in [-0.1, -0.05) is 36.4 Å². The fourth-order valence-electron chi connectivity index (χ4n) is 2.77. The highest BCUT2D eigenvalue weighted by molar-refractivity contribution is 5.64. The lowest BCUT2D eigenvalue weighted by Gasteiger charge is -2.26. The second-order valence-electron chi connectivity index (χ2n) is 5.74. The normalized spacial score (nSPS) is 15.3. The van der Waals surface area contributed by atoms with Crippen LogP contribution >= 0.6 is 0 Å². The molecule has 1 N–H and O–H groups in total. The maximum atomic E-state index is 5.00. The Morgan fingerprint density at radius 2 is 2.04 bits per heavy atom. The first-order chi connectivity index (χ1) is 11.3. The molecule has 0 saturated carbocycles. The van der Waals surface area contributed by atoms with E-state index >= 15 is 0 Å². The number of anilines is 1. The van der Waals surface area contributed by atoms with Crippen LogP contribution in [0.3, 0.4) is 0 Å². The minimum atomic E-state index is 0.498. The summed E-state index contributed by atoms with van der Waals surface area (Å²) in [6.45, 7) is 3.57. The average molecular weight is 309 g/mol. The minimum absolute atomic E-state index is 0.498. The first kappa shape index (κ1) is 15.7. The Hall–Kier alpha value is -2.17. The lowest BCUT2D eigenvalue weighted by molar-refractivity contribution is 0.221. The molecule has 2 aromatic rings. The summed E-state index contributed by atoms with van der Waals surface area (Å²) in [4.78, 5) is 7.03.